The molecule has 2 aromatic carbocycles. The quantitative estimate of drug-likeness (QED) is 0.618. The number of Topliss-reactive ketones (excluding diaryl/α,β-unsaturated/α-hetero) is 1. The minimum Gasteiger partial charge on any atom is -0.504 e. The minimum atomic E-state index is -0.521. The second-order valence-corrected chi connectivity index (χ2v) is 6.60. The molecule has 2 aromatic rings. The predicted molar refractivity (Wildman–Crippen MR) is 98.2 cm³/mol. The molecule has 136 valence electrons. The largest absolute Gasteiger partial charge is 0.504 e. The average Bonchev–Trinajstić information content (AvgIpc) is 2.61. The van der Waals surface area contributed by atoms with E-state index in [0.29, 0.717) is 22.6 Å². The van der Waals surface area contributed by atoms with Crippen molar-refractivity contribution in [2.75, 3.05) is 7.11 Å². The number of carbonyl (C=O) groups excluding carboxylic acids is 1. The smallest absolute Gasteiger partial charge is 0.170 e. The highest BCUT2D eigenvalue weighted by Gasteiger charge is 2.29. The normalized spacial score (nSPS) is 15.9. The molecule has 26 heavy (non-hydrogen) atoms. The van der Waals surface area contributed by atoms with Gasteiger partial charge in [0, 0.05) is 6.07 Å². The topological polar surface area (TPSA) is 76.0 Å². The third-order valence-corrected chi connectivity index (χ3v) is 4.52. The van der Waals surface area contributed by atoms with Crippen LogP contribution in [0.25, 0.3) is 0 Å². The van der Waals surface area contributed by atoms with E-state index in [9.17, 15) is 15.0 Å². The fraction of sp³-hybridized carbons (Fsp3) is 0.286. The first-order valence-electron chi connectivity index (χ1n) is 8.46. The molecule has 0 bridgehead atoms. The molecule has 0 aliphatic carbocycles. The summed E-state index contributed by atoms with van der Waals surface area (Å²) in [5, 5.41) is 19.2. The van der Waals surface area contributed by atoms with Crippen molar-refractivity contribution < 1.29 is 24.5 Å². The van der Waals surface area contributed by atoms with Crippen LogP contribution in [0, 0.1) is 0 Å². The van der Waals surface area contributed by atoms with E-state index < -0.39 is 6.10 Å². The van der Waals surface area contributed by atoms with Crippen LogP contribution >= 0.6 is 0 Å². The Morgan fingerprint density at radius 2 is 2.04 bits per heavy atom. The molecule has 0 amide bonds. The monoisotopic (exact) mass is 354 g/mol. The maximum atomic E-state index is 12.7. The SMILES string of the molecule is C=C(C)CCc1cc2c(cc1OC)OC(c1ccc(O)c(O)c1)CC2=O. The Morgan fingerprint density at radius 3 is 2.69 bits per heavy atom. The maximum absolute atomic E-state index is 12.7. The van der Waals surface area contributed by atoms with Gasteiger partial charge < -0.3 is 19.7 Å². The fourth-order valence-corrected chi connectivity index (χ4v) is 3.05. The van der Waals surface area contributed by atoms with Crippen LogP contribution in [0.15, 0.2) is 42.5 Å². The summed E-state index contributed by atoms with van der Waals surface area (Å²) in [4.78, 5) is 12.7. The van der Waals surface area contributed by atoms with Crippen LogP contribution in [0.5, 0.6) is 23.0 Å². The first kappa shape index (κ1) is 17.9. The molecular weight excluding hydrogens is 332 g/mol. The number of rotatable bonds is 5. The lowest BCUT2D eigenvalue weighted by Gasteiger charge is -2.27. The number of allylic oxidation sites excluding steroid dienone is 1. The second kappa shape index (κ2) is 7.12. The van der Waals surface area contributed by atoms with Gasteiger partial charge in [-0.1, -0.05) is 11.6 Å². The molecule has 0 spiro atoms. The van der Waals surface area contributed by atoms with E-state index in [1.807, 2.05) is 13.0 Å². The molecule has 1 heterocycles. The van der Waals surface area contributed by atoms with Crippen LogP contribution in [0.2, 0.25) is 0 Å². The standard InChI is InChI=1S/C21H22O5/c1-12(2)4-5-13-8-15-17(23)10-20(26-21(15)11-19(13)25-3)14-6-7-16(22)18(24)9-14/h6-9,11,20,22,24H,1,4-5,10H2,2-3H3. The van der Waals surface area contributed by atoms with E-state index in [0.717, 1.165) is 24.0 Å². The number of phenolic OH excluding ortho intramolecular Hbond substituents is 2. The molecule has 5 nitrogen and oxygen atoms in total. The summed E-state index contributed by atoms with van der Waals surface area (Å²) in [5.41, 5.74) is 3.19. The Morgan fingerprint density at radius 1 is 1.27 bits per heavy atom. The summed E-state index contributed by atoms with van der Waals surface area (Å²) in [6.45, 7) is 5.88. The summed E-state index contributed by atoms with van der Waals surface area (Å²) >= 11 is 0. The van der Waals surface area contributed by atoms with Gasteiger partial charge in [-0.15, -0.1) is 6.58 Å². The molecule has 0 saturated carbocycles. The zero-order valence-corrected chi connectivity index (χ0v) is 14.9. The number of aromatic hydroxyl groups is 2. The van der Waals surface area contributed by atoms with Crippen LogP contribution in [0.3, 0.4) is 0 Å². The van der Waals surface area contributed by atoms with Crippen molar-refractivity contribution in [3.63, 3.8) is 0 Å². The number of aryl methyl sites for hydroxylation is 1. The van der Waals surface area contributed by atoms with E-state index in [1.54, 1.807) is 19.2 Å². The molecule has 0 radical (unpaired) electrons. The lowest BCUT2D eigenvalue weighted by molar-refractivity contribution is 0.0849. The summed E-state index contributed by atoms with van der Waals surface area (Å²) < 4.78 is 11.5. The predicted octanol–water partition coefficient (Wildman–Crippen LogP) is 4.32. The molecule has 1 unspecified atom stereocenters. The van der Waals surface area contributed by atoms with Gasteiger partial charge in [0.2, 0.25) is 0 Å². The summed E-state index contributed by atoms with van der Waals surface area (Å²) in [6.07, 6.45) is 1.21. The van der Waals surface area contributed by atoms with Crippen LogP contribution in [-0.2, 0) is 6.42 Å². The van der Waals surface area contributed by atoms with Gasteiger partial charge >= 0.3 is 0 Å². The molecule has 1 atom stereocenters. The van der Waals surface area contributed by atoms with E-state index in [1.165, 1.54) is 12.1 Å². The van der Waals surface area contributed by atoms with E-state index in [-0.39, 0.29) is 23.7 Å². The van der Waals surface area contributed by atoms with Crippen LogP contribution in [-0.4, -0.2) is 23.1 Å². The van der Waals surface area contributed by atoms with Crippen molar-refractivity contribution in [3.8, 4) is 23.0 Å². The lowest BCUT2D eigenvalue weighted by Crippen LogP contribution is -2.20. The van der Waals surface area contributed by atoms with Gasteiger partial charge in [-0.2, -0.15) is 0 Å². The van der Waals surface area contributed by atoms with E-state index >= 15 is 0 Å². The number of phenols is 2. The van der Waals surface area contributed by atoms with Gasteiger partial charge in [-0.05, 0) is 49.1 Å². The first-order valence-corrected chi connectivity index (χ1v) is 8.46. The Bertz CT molecular complexity index is 869. The number of ketones is 1. The minimum absolute atomic E-state index is 0.0250. The van der Waals surface area contributed by atoms with E-state index in [4.69, 9.17) is 9.47 Å². The highest BCUT2D eigenvalue weighted by molar-refractivity contribution is 6.00. The molecule has 2 N–H and O–H groups in total. The number of fused-ring (bicyclic) bond motifs is 1. The molecule has 1 aliphatic rings. The van der Waals surface area contributed by atoms with Crippen LogP contribution in [0.1, 0.15) is 47.4 Å². The van der Waals surface area contributed by atoms with Crippen LogP contribution < -0.4 is 9.47 Å². The number of ether oxygens (including phenoxy) is 2. The number of carbonyl (C=O) groups is 1. The van der Waals surface area contributed by atoms with Crippen molar-refractivity contribution in [1.82, 2.24) is 0 Å². The zero-order valence-electron chi connectivity index (χ0n) is 14.9. The lowest BCUT2D eigenvalue weighted by atomic mass is 9.93. The summed E-state index contributed by atoms with van der Waals surface area (Å²) in [6, 6.07) is 8.01. The molecule has 5 heteroatoms. The second-order valence-electron chi connectivity index (χ2n) is 6.60. The number of hydrogen-bond donors (Lipinski definition) is 2. The number of hydrogen-bond acceptors (Lipinski definition) is 5. The number of methoxy groups -OCH3 is 1. The van der Waals surface area contributed by atoms with Crippen molar-refractivity contribution in [2.45, 2.75) is 32.3 Å². The zero-order chi connectivity index (χ0) is 18.8. The average molecular weight is 354 g/mol. The van der Waals surface area contributed by atoms with Crippen molar-refractivity contribution >= 4 is 5.78 Å². The van der Waals surface area contributed by atoms with Gasteiger partial charge in [-0.25, -0.2) is 0 Å². The molecule has 1 aliphatic heterocycles. The molecule has 3 rings (SSSR count). The fourth-order valence-electron chi connectivity index (χ4n) is 3.05. The van der Waals surface area contributed by atoms with Crippen molar-refractivity contribution in [2.24, 2.45) is 0 Å². The summed E-state index contributed by atoms with van der Waals surface area (Å²) in [7, 11) is 1.59. The summed E-state index contributed by atoms with van der Waals surface area (Å²) in [5.74, 6) is 0.668. The van der Waals surface area contributed by atoms with Crippen molar-refractivity contribution in [3.05, 3.63) is 59.2 Å². The van der Waals surface area contributed by atoms with Gasteiger partial charge in [0.25, 0.3) is 0 Å². The molecular formula is C21H22O5. The Balaban J connectivity index is 1.93. The van der Waals surface area contributed by atoms with Gasteiger partial charge in [0.15, 0.2) is 17.3 Å². The Kier molecular flexibility index (Phi) is 4.89. The van der Waals surface area contributed by atoms with Gasteiger partial charge in [0.05, 0.1) is 19.1 Å². The maximum Gasteiger partial charge on any atom is 0.170 e. The molecule has 0 fully saturated rings. The van der Waals surface area contributed by atoms with Gasteiger partial charge in [-0.3, -0.25) is 4.79 Å². The Hall–Kier alpha value is -2.95. The van der Waals surface area contributed by atoms with E-state index in [2.05, 4.69) is 6.58 Å². The first-order chi connectivity index (χ1) is 12.4. The third-order valence-electron chi connectivity index (χ3n) is 4.52. The third kappa shape index (κ3) is 3.52. The Labute approximate surface area is 152 Å². The van der Waals surface area contributed by atoms with Crippen LogP contribution in [0.4, 0.5) is 0 Å². The highest BCUT2D eigenvalue weighted by atomic mass is 16.5. The molecule has 0 saturated heterocycles. The number of benzene rings is 2. The van der Waals surface area contributed by atoms with Gasteiger partial charge in [0.1, 0.15) is 17.6 Å². The van der Waals surface area contributed by atoms with Crippen molar-refractivity contribution in [1.29, 1.82) is 0 Å². The highest BCUT2D eigenvalue weighted by Crippen LogP contribution is 2.40. The molecule has 0 aromatic heterocycles.